The number of rotatable bonds is 4. The predicted octanol–water partition coefficient (Wildman–Crippen LogP) is 0.319. The van der Waals surface area contributed by atoms with Crippen LogP contribution in [0.5, 0.6) is 0 Å². The Bertz CT molecular complexity index is 43.8. The van der Waals surface area contributed by atoms with Crippen LogP contribution in [-0.4, -0.2) is 32.1 Å². The fraction of sp³-hybridized carbons (Fsp3) is 0.833. The van der Waals surface area contributed by atoms with Gasteiger partial charge in [0.15, 0.2) is 0 Å². The van der Waals surface area contributed by atoms with Crippen LogP contribution in [0.25, 0.3) is 0 Å². The molecule has 1 radical (unpaired) electrons. The molecule has 49 valence electrons. The Kier molecular flexibility index (Phi) is 5.01. The summed E-state index contributed by atoms with van der Waals surface area (Å²) >= 11 is 0. The molecule has 0 fully saturated rings. The molecule has 0 saturated heterocycles. The van der Waals surface area contributed by atoms with Crippen molar-refractivity contribution in [1.29, 1.82) is 0 Å². The lowest BCUT2D eigenvalue weighted by atomic mass is 10.4. The standard InChI is InChI=1S/C6H15N2/c1-7-5-4-6-8(2)3/h7H,1,4-6H2,2-3H3. The first-order valence-corrected chi connectivity index (χ1v) is 2.92. The Morgan fingerprint density at radius 2 is 2.12 bits per heavy atom. The molecule has 0 aliphatic carbocycles. The van der Waals surface area contributed by atoms with E-state index in [2.05, 4.69) is 31.4 Å². The summed E-state index contributed by atoms with van der Waals surface area (Å²) in [5.74, 6) is 0. The highest BCUT2D eigenvalue weighted by Gasteiger charge is 1.86. The molecule has 2 nitrogen and oxygen atoms in total. The average Bonchev–Trinajstić information content (AvgIpc) is 1.66. The lowest BCUT2D eigenvalue weighted by Crippen LogP contribution is -2.17. The van der Waals surface area contributed by atoms with E-state index in [1.807, 2.05) is 0 Å². The minimum absolute atomic E-state index is 1.01. The van der Waals surface area contributed by atoms with Gasteiger partial charge in [0, 0.05) is 7.05 Å². The molecule has 0 spiro atoms. The Hall–Kier alpha value is -0.0800. The summed E-state index contributed by atoms with van der Waals surface area (Å²) in [6.07, 6.45) is 1.18. The van der Waals surface area contributed by atoms with Gasteiger partial charge in [-0.1, -0.05) is 0 Å². The number of hydrogen-bond acceptors (Lipinski definition) is 2. The molecule has 0 aromatic carbocycles. The van der Waals surface area contributed by atoms with Crippen molar-refractivity contribution in [3.8, 4) is 0 Å². The van der Waals surface area contributed by atoms with Crippen molar-refractivity contribution in [2.45, 2.75) is 6.42 Å². The van der Waals surface area contributed by atoms with Gasteiger partial charge in [0.25, 0.3) is 0 Å². The highest BCUT2D eigenvalue weighted by atomic mass is 15.0. The highest BCUT2D eigenvalue weighted by molar-refractivity contribution is 4.46. The van der Waals surface area contributed by atoms with Gasteiger partial charge < -0.3 is 10.2 Å². The number of nitrogens with one attached hydrogen (secondary N) is 1. The molecule has 0 heterocycles. The third-order valence-electron chi connectivity index (χ3n) is 0.959. The van der Waals surface area contributed by atoms with Crippen molar-refractivity contribution in [3.63, 3.8) is 0 Å². The minimum Gasteiger partial charge on any atom is -0.315 e. The van der Waals surface area contributed by atoms with E-state index in [-0.39, 0.29) is 0 Å². The maximum Gasteiger partial charge on any atom is 0.00767 e. The molecule has 8 heavy (non-hydrogen) atoms. The van der Waals surface area contributed by atoms with Crippen LogP contribution >= 0.6 is 0 Å². The van der Waals surface area contributed by atoms with Gasteiger partial charge in [-0.15, -0.1) is 0 Å². The third kappa shape index (κ3) is 5.92. The second-order valence-electron chi connectivity index (χ2n) is 2.16. The van der Waals surface area contributed by atoms with Crippen LogP contribution in [0.1, 0.15) is 6.42 Å². The fourth-order valence-electron chi connectivity index (χ4n) is 0.520. The van der Waals surface area contributed by atoms with Crippen molar-refractivity contribution >= 4 is 0 Å². The summed E-state index contributed by atoms with van der Waals surface area (Å²) in [5.41, 5.74) is 0. The van der Waals surface area contributed by atoms with Crippen LogP contribution in [0.15, 0.2) is 0 Å². The Balaban J connectivity index is 2.72. The van der Waals surface area contributed by atoms with Gasteiger partial charge in [0.05, 0.1) is 0 Å². The van der Waals surface area contributed by atoms with Crippen LogP contribution in [0, 0.1) is 7.05 Å². The van der Waals surface area contributed by atoms with Crippen molar-refractivity contribution < 1.29 is 0 Å². The molecule has 0 aromatic rings. The molecule has 0 bridgehead atoms. The summed E-state index contributed by atoms with van der Waals surface area (Å²) in [6, 6.07) is 0. The van der Waals surface area contributed by atoms with E-state index in [0.29, 0.717) is 0 Å². The zero-order valence-corrected chi connectivity index (χ0v) is 5.78. The predicted molar refractivity (Wildman–Crippen MR) is 36.5 cm³/mol. The SMILES string of the molecule is [CH2]NCCCN(C)C. The van der Waals surface area contributed by atoms with Crippen LogP contribution in [0.4, 0.5) is 0 Å². The van der Waals surface area contributed by atoms with Gasteiger partial charge in [-0.05, 0) is 33.6 Å². The summed E-state index contributed by atoms with van der Waals surface area (Å²) in [4.78, 5) is 2.16. The summed E-state index contributed by atoms with van der Waals surface area (Å²) < 4.78 is 0. The van der Waals surface area contributed by atoms with E-state index in [4.69, 9.17) is 0 Å². The smallest absolute Gasteiger partial charge is 0.00767 e. The van der Waals surface area contributed by atoms with Crippen molar-refractivity contribution in [2.24, 2.45) is 0 Å². The summed E-state index contributed by atoms with van der Waals surface area (Å²) in [7, 11) is 7.66. The van der Waals surface area contributed by atoms with Crippen LogP contribution in [0.3, 0.4) is 0 Å². The van der Waals surface area contributed by atoms with Gasteiger partial charge >= 0.3 is 0 Å². The lowest BCUT2D eigenvalue weighted by Gasteiger charge is -2.07. The van der Waals surface area contributed by atoms with E-state index in [0.717, 1.165) is 13.1 Å². The summed E-state index contributed by atoms with van der Waals surface area (Å²) in [5, 5.41) is 2.85. The minimum atomic E-state index is 1.01. The number of nitrogens with zero attached hydrogens (tertiary/aromatic N) is 1. The first kappa shape index (κ1) is 7.92. The molecule has 0 aromatic heterocycles. The average molecular weight is 115 g/mol. The lowest BCUT2D eigenvalue weighted by molar-refractivity contribution is 0.399. The van der Waals surface area contributed by atoms with E-state index in [9.17, 15) is 0 Å². The Morgan fingerprint density at radius 3 is 2.50 bits per heavy atom. The Labute approximate surface area is 51.9 Å². The summed E-state index contributed by atoms with van der Waals surface area (Å²) in [6.45, 7) is 2.15. The maximum atomic E-state index is 3.51. The first-order valence-electron chi connectivity index (χ1n) is 2.92. The number of hydrogen-bond donors (Lipinski definition) is 1. The normalized spacial score (nSPS) is 10.5. The van der Waals surface area contributed by atoms with Gasteiger partial charge in [0.2, 0.25) is 0 Å². The quantitative estimate of drug-likeness (QED) is 0.531. The molecule has 1 N–H and O–H groups in total. The van der Waals surface area contributed by atoms with Crippen LogP contribution < -0.4 is 5.32 Å². The van der Waals surface area contributed by atoms with Crippen molar-refractivity contribution in [1.82, 2.24) is 10.2 Å². The third-order valence-corrected chi connectivity index (χ3v) is 0.959. The largest absolute Gasteiger partial charge is 0.315 e. The topological polar surface area (TPSA) is 15.3 Å². The van der Waals surface area contributed by atoms with Crippen LogP contribution in [0.2, 0.25) is 0 Å². The van der Waals surface area contributed by atoms with Gasteiger partial charge in [-0.2, -0.15) is 0 Å². The molecule has 0 aliphatic heterocycles. The Morgan fingerprint density at radius 1 is 1.50 bits per heavy atom. The van der Waals surface area contributed by atoms with Crippen LogP contribution in [-0.2, 0) is 0 Å². The molecule has 0 rings (SSSR count). The van der Waals surface area contributed by atoms with Gasteiger partial charge in [-0.3, -0.25) is 0 Å². The van der Waals surface area contributed by atoms with Crippen molar-refractivity contribution in [2.75, 3.05) is 27.2 Å². The molecule has 0 saturated carbocycles. The molecular weight excluding hydrogens is 100 g/mol. The van der Waals surface area contributed by atoms with Crippen molar-refractivity contribution in [3.05, 3.63) is 7.05 Å². The second-order valence-corrected chi connectivity index (χ2v) is 2.16. The molecule has 2 heteroatoms. The van der Waals surface area contributed by atoms with Gasteiger partial charge in [-0.25, -0.2) is 0 Å². The molecular formula is C6H15N2. The molecule has 0 atom stereocenters. The maximum absolute atomic E-state index is 3.51. The molecule has 0 aliphatic rings. The van der Waals surface area contributed by atoms with E-state index in [1.54, 1.807) is 0 Å². The zero-order valence-electron chi connectivity index (χ0n) is 5.78. The zero-order chi connectivity index (χ0) is 6.41. The fourth-order valence-corrected chi connectivity index (χ4v) is 0.520. The van der Waals surface area contributed by atoms with E-state index >= 15 is 0 Å². The van der Waals surface area contributed by atoms with E-state index in [1.165, 1.54) is 6.42 Å². The first-order chi connectivity index (χ1) is 3.77. The van der Waals surface area contributed by atoms with Gasteiger partial charge in [0.1, 0.15) is 0 Å². The molecule has 0 amide bonds. The highest BCUT2D eigenvalue weighted by Crippen LogP contribution is 1.78. The molecule has 0 unspecified atom stereocenters. The monoisotopic (exact) mass is 115 g/mol. The van der Waals surface area contributed by atoms with E-state index < -0.39 is 0 Å². The second kappa shape index (κ2) is 5.06.